The minimum absolute atomic E-state index is 0.0301. The van der Waals surface area contributed by atoms with Crippen LogP contribution >= 0.6 is 27.5 Å². The summed E-state index contributed by atoms with van der Waals surface area (Å²) in [6.07, 6.45) is 1.02. The molecule has 1 saturated heterocycles. The molecule has 0 amide bonds. The fraction of sp³-hybridized carbons (Fsp3) is 0.455. The van der Waals surface area contributed by atoms with Crippen LogP contribution in [-0.4, -0.2) is 13.2 Å². The van der Waals surface area contributed by atoms with Gasteiger partial charge in [0.2, 0.25) is 0 Å². The van der Waals surface area contributed by atoms with Crippen molar-refractivity contribution in [2.45, 2.75) is 12.5 Å². The molecule has 0 bridgehead atoms. The van der Waals surface area contributed by atoms with Gasteiger partial charge in [0, 0.05) is 28.1 Å². The maximum Gasteiger partial charge on any atom is 0.0513 e. The average molecular weight is 291 g/mol. The third kappa shape index (κ3) is 2.53. The first-order valence-electron chi connectivity index (χ1n) is 4.97. The summed E-state index contributed by atoms with van der Waals surface area (Å²) in [5.74, 6) is 0.386. The third-order valence-electron chi connectivity index (χ3n) is 2.79. The van der Waals surface area contributed by atoms with E-state index in [4.69, 9.17) is 22.1 Å². The topological polar surface area (TPSA) is 35.2 Å². The lowest BCUT2D eigenvalue weighted by Gasteiger charge is -2.19. The number of halogens is 2. The maximum atomic E-state index is 6.18. The van der Waals surface area contributed by atoms with Crippen molar-refractivity contribution in [2.24, 2.45) is 11.7 Å². The quantitative estimate of drug-likeness (QED) is 0.908. The maximum absolute atomic E-state index is 6.18. The van der Waals surface area contributed by atoms with Crippen LogP contribution in [0.3, 0.4) is 0 Å². The molecule has 1 aliphatic heterocycles. The van der Waals surface area contributed by atoms with Crippen molar-refractivity contribution in [3.05, 3.63) is 33.3 Å². The highest BCUT2D eigenvalue weighted by atomic mass is 79.9. The van der Waals surface area contributed by atoms with E-state index >= 15 is 0 Å². The minimum Gasteiger partial charge on any atom is -0.381 e. The molecule has 1 fully saturated rings. The van der Waals surface area contributed by atoms with Crippen molar-refractivity contribution in [1.29, 1.82) is 0 Å². The molecule has 2 unspecified atom stereocenters. The van der Waals surface area contributed by atoms with E-state index in [1.807, 2.05) is 18.2 Å². The van der Waals surface area contributed by atoms with Gasteiger partial charge in [-0.05, 0) is 30.2 Å². The van der Waals surface area contributed by atoms with Crippen LogP contribution in [-0.2, 0) is 4.74 Å². The van der Waals surface area contributed by atoms with Crippen LogP contribution in [0.1, 0.15) is 18.0 Å². The Labute approximate surface area is 103 Å². The first kappa shape index (κ1) is 11.4. The molecule has 15 heavy (non-hydrogen) atoms. The summed E-state index contributed by atoms with van der Waals surface area (Å²) in [6.45, 7) is 1.55. The minimum atomic E-state index is -0.0301. The molecule has 0 spiro atoms. The predicted molar refractivity (Wildman–Crippen MR) is 65.0 cm³/mol. The van der Waals surface area contributed by atoms with Gasteiger partial charge in [0.05, 0.1) is 6.61 Å². The van der Waals surface area contributed by atoms with Crippen molar-refractivity contribution in [2.75, 3.05) is 13.2 Å². The lowest BCUT2D eigenvalue weighted by Crippen LogP contribution is -2.21. The molecule has 2 N–H and O–H groups in total. The number of hydrogen-bond donors (Lipinski definition) is 1. The summed E-state index contributed by atoms with van der Waals surface area (Å²) in [5, 5.41) is 0.734. The van der Waals surface area contributed by atoms with Crippen LogP contribution in [0.4, 0.5) is 0 Å². The van der Waals surface area contributed by atoms with Gasteiger partial charge >= 0.3 is 0 Å². The molecule has 1 aromatic rings. The van der Waals surface area contributed by atoms with Crippen molar-refractivity contribution < 1.29 is 4.74 Å². The molecule has 1 aromatic carbocycles. The fourth-order valence-electron chi connectivity index (χ4n) is 1.86. The zero-order valence-electron chi connectivity index (χ0n) is 8.25. The Morgan fingerprint density at radius 2 is 2.33 bits per heavy atom. The molecular formula is C11H13BrClNO. The highest BCUT2D eigenvalue weighted by Gasteiger charge is 2.25. The number of rotatable bonds is 2. The third-order valence-corrected chi connectivity index (χ3v) is 3.63. The number of benzene rings is 1. The van der Waals surface area contributed by atoms with Crippen molar-refractivity contribution in [1.82, 2.24) is 0 Å². The molecule has 1 heterocycles. The van der Waals surface area contributed by atoms with Crippen LogP contribution < -0.4 is 5.73 Å². The van der Waals surface area contributed by atoms with Crippen LogP contribution in [0.15, 0.2) is 22.7 Å². The van der Waals surface area contributed by atoms with Gasteiger partial charge in [-0.3, -0.25) is 0 Å². The Hall–Kier alpha value is -0.0900. The molecule has 82 valence electrons. The largest absolute Gasteiger partial charge is 0.381 e. The predicted octanol–water partition coefficient (Wildman–Crippen LogP) is 3.14. The smallest absolute Gasteiger partial charge is 0.0513 e. The molecule has 0 radical (unpaired) electrons. The van der Waals surface area contributed by atoms with Crippen molar-refractivity contribution in [3.63, 3.8) is 0 Å². The summed E-state index contributed by atoms with van der Waals surface area (Å²) in [6, 6.07) is 5.75. The molecule has 0 saturated carbocycles. The first-order valence-corrected chi connectivity index (χ1v) is 6.14. The van der Waals surface area contributed by atoms with Gasteiger partial charge in [-0.2, -0.15) is 0 Å². The van der Waals surface area contributed by atoms with Gasteiger partial charge in [-0.1, -0.05) is 27.5 Å². The van der Waals surface area contributed by atoms with E-state index in [0.29, 0.717) is 5.92 Å². The average Bonchev–Trinajstić information content (AvgIpc) is 2.74. The normalized spacial score (nSPS) is 23.0. The Morgan fingerprint density at radius 3 is 3.00 bits per heavy atom. The van der Waals surface area contributed by atoms with E-state index in [1.54, 1.807) is 0 Å². The van der Waals surface area contributed by atoms with Crippen molar-refractivity contribution in [3.8, 4) is 0 Å². The second kappa shape index (κ2) is 4.83. The highest BCUT2D eigenvalue weighted by molar-refractivity contribution is 9.10. The Balaban J connectivity index is 2.23. The van der Waals surface area contributed by atoms with Crippen LogP contribution in [0.5, 0.6) is 0 Å². The van der Waals surface area contributed by atoms with Gasteiger partial charge in [-0.15, -0.1) is 0 Å². The molecule has 1 aliphatic rings. The fourth-order valence-corrected chi connectivity index (χ4v) is 2.48. The van der Waals surface area contributed by atoms with Crippen LogP contribution in [0.2, 0.25) is 5.02 Å². The van der Waals surface area contributed by atoms with E-state index in [-0.39, 0.29) is 6.04 Å². The molecule has 4 heteroatoms. The summed E-state index contributed by atoms with van der Waals surface area (Å²) in [4.78, 5) is 0. The van der Waals surface area contributed by atoms with Crippen LogP contribution in [0, 0.1) is 5.92 Å². The molecular weight excluding hydrogens is 277 g/mol. The molecule has 2 rings (SSSR count). The first-order chi connectivity index (χ1) is 7.18. The van der Waals surface area contributed by atoms with E-state index in [9.17, 15) is 0 Å². The lowest BCUT2D eigenvalue weighted by molar-refractivity contribution is 0.181. The van der Waals surface area contributed by atoms with Gasteiger partial charge in [0.15, 0.2) is 0 Å². The summed E-state index contributed by atoms with van der Waals surface area (Å²) in [5.41, 5.74) is 7.19. The van der Waals surface area contributed by atoms with Crippen molar-refractivity contribution >= 4 is 27.5 Å². The zero-order valence-corrected chi connectivity index (χ0v) is 10.6. The number of nitrogens with two attached hydrogens (primary N) is 1. The standard InChI is InChI=1S/C11H13BrClNO/c12-8-1-2-10(13)9(5-8)11(14)7-3-4-15-6-7/h1-2,5,7,11H,3-4,6,14H2. The number of hydrogen-bond acceptors (Lipinski definition) is 2. The highest BCUT2D eigenvalue weighted by Crippen LogP contribution is 2.32. The van der Waals surface area contributed by atoms with Gasteiger partial charge in [-0.25, -0.2) is 0 Å². The number of ether oxygens (including phenoxy) is 1. The lowest BCUT2D eigenvalue weighted by atomic mass is 9.93. The Bertz CT molecular complexity index is 352. The second-order valence-corrected chi connectivity index (χ2v) is 5.14. The van der Waals surface area contributed by atoms with Gasteiger partial charge in [0.1, 0.15) is 0 Å². The van der Waals surface area contributed by atoms with E-state index in [1.165, 1.54) is 0 Å². The summed E-state index contributed by atoms with van der Waals surface area (Å²) < 4.78 is 6.35. The summed E-state index contributed by atoms with van der Waals surface area (Å²) in [7, 11) is 0. The Morgan fingerprint density at radius 1 is 1.53 bits per heavy atom. The van der Waals surface area contributed by atoms with E-state index in [0.717, 1.165) is 34.7 Å². The van der Waals surface area contributed by atoms with E-state index < -0.39 is 0 Å². The molecule has 0 aromatic heterocycles. The molecule has 0 aliphatic carbocycles. The second-order valence-electron chi connectivity index (χ2n) is 3.82. The van der Waals surface area contributed by atoms with Gasteiger partial charge in [0.25, 0.3) is 0 Å². The van der Waals surface area contributed by atoms with Crippen LogP contribution in [0.25, 0.3) is 0 Å². The zero-order chi connectivity index (χ0) is 10.8. The summed E-state index contributed by atoms with van der Waals surface area (Å²) >= 11 is 9.56. The monoisotopic (exact) mass is 289 g/mol. The Kier molecular flexibility index (Phi) is 3.67. The SMILES string of the molecule is NC(c1cc(Br)ccc1Cl)C1CCOC1. The van der Waals surface area contributed by atoms with E-state index in [2.05, 4.69) is 15.9 Å². The molecule has 2 nitrogen and oxygen atoms in total. The molecule has 2 atom stereocenters. The van der Waals surface area contributed by atoms with Gasteiger partial charge < -0.3 is 10.5 Å².